The average Bonchev–Trinajstić information content (AvgIpc) is 3.61. The number of nitrogens with zero attached hydrogens (tertiary/aromatic N) is 2. The van der Waals surface area contributed by atoms with E-state index in [-0.39, 0.29) is 20.7 Å². The zero-order chi connectivity index (χ0) is 34.6. The number of benzene rings is 3. The first-order valence-electron chi connectivity index (χ1n) is 14.3. The number of imidazole rings is 1. The van der Waals surface area contributed by atoms with Crippen LogP contribution in [0.1, 0.15) is 15.9 Å². The van der Waals surface area contributed by atoms with Gasteiger partial charge in [-0.15, -0.1) is 0 Å². The zero-order valence-corrected chi connectivity index (χ0v) is 27.2. The second-order valence-electron chi connectivity index (χ2n) is 10.6. The third-order valence-electron chi connectivity index (χ3n) is 7.45. The summed E-state index contributed by atoms with van der Waals surface area (Å²) in [5, 5.41) is 15.5. The summed E-state index contributed by atoms with van der Waals surface area (Å²) in [6.45, 7) is -0.221. The summed E-state index contributed by atoms with van der Waals surface area (Å²) in [6.07, 6.45) is 4.62. The van der Waals surface area contributed by atoms with Crippen molar-refractivity contribution >= 4 is 48.8 Å². The molecule has 1 amide bonds. The average molecular weight is 694 g/mol. The number of carbonyl (C=O) groups excluding carboxylic acids is 1. The van der Waals surface area contributed by atoms with Crippen molar-refractivity contribution in [3.8, 4) is 11.1 Å². The van der Waals surface area contributed by atoms with E-state index in [1.54, 1.807) is 54.3 Å². The van der Waals surface area contributed by atoms with Crippen molar-refractivity contribution in [2.45, 2.75) is 22.4 Å². The maximum absolute atomic E-state index is 13.2. The molecule has 0 aliphatic rings. The van der Waals surface area contributed by atoms with Crippen LogP contribution in [0.25, 0.3) is 22.0 Å². The highest BCUT2D eigenvalue weighted by Gasteiger charge is 2.27. The Balaban J connectivity index is 1.26. The molecule has 0 fully saturated rings. The van der Waals surface area contributed by atoms with Gasteiger partial charge >= 0.3 is 5.97 Å². The summed E-state index contributed by atoms with van der Waals surface area (Å²) in [4.78, 5) is 45.1. The van der Waals surface area contributed by atoms with E-state index >= 15 is 0 Å². The number of carboxylic acid groups (broad SMARTS) is 1. The van der Waals surface area contributed by atoms with Gasteiger partial charge in [0.2, 0.25) is 25.5 Å². The Kier molecular flexibility index (Phi) is 9.76. The predicted octanol–water partition coefficient (Wildman–Crippen LogP) is 1.61. The molecule has 17 heteroatoms. The van der Waals surface area contributed by atoms with Crippen molar-refractivity contribution in [2.75, 3.05) is 18.9 Å². The maximum Gasteiger partial charge on any atom is 0.323 e. The van der Waals surface area contributed by atoms with Crippen LogP contribution in [-0.2, 0) is 38.4 Å². The largest absolute Gasteiger partial charge is 0.480 e. The summed E-state index contributed by atoms with van der Waals surface area (Å²) >= 11 is 0. The number of hydrogen-bond acceptors (Lipinski definition) is 9. The number of H-pyrrole nitrogens is 1. The van der Waals surface area contributed by atoms with Crippen molar-refractivity contribution in [3.05, 3.63) is 107 Å². The van der Waals surface area contributed by atoms with Crippen molar-refractivity contribution in [3.63, 3.8) is 0 Å². The minimum atomic E-state index is -4.36. The first kappa shape index (κ1) is 34.0. The Morgan fingerprint density at radius 3 is 2.12 bits per heavy atom. The molecule has 0 spiro atoms. The standard InChI is InChI=1S/C31H31N7O8S2/c1-32-47(43,44)22-8-4-20(5-9-22)21-6-10-23(11-7-21)48(45,46)37-26(30(41)42)17-35-29(40)25-18-38(2)27-15-19(3-12-24(27)28(25)39)16-36-31-33-13-14-34-31/h3-15,18,26,32,37H,16-17H2,1-2H3,(H,35,40)(H,41,42)(H2,33,34,36)/t26-/m0/s1. The fraction of sp³-hybridized carbons (Fsp3) is 0.161. The minimum absolute atomic E-state index is 0.0640. The molecular formula is C31H31N7O8S2. The lowest BCUT2D eigenvalue weighted by molar-refractivity contribution is -0.138. The van der Waals surface area contributed by atoms with Gasteiger partial charge in [-0.25, -0.2) is 26.5 Å². The number of hydrogen-bond donors (Lipinski definition) is 6. The van der Waals surface area contributed by atoms with Crippen molar-refractivity contribution in [1.82, 2.24) is 29.3 Å². The number of aromatic amines is 1. The molecule has 3 aromatic carbocycles. The number of nitrogens with one attached hydrogen (secondary N) is 5. The monoisotopic (exact) mass is 693 g/mol. The molecule has 6 N–H and O–H groups in total. The first-order chi connectivity index (χ1) is 22.8. The van der Waals surface area contributed by atoms with Crippen LogP contribution < -0.4 is 25.5 Å². The molecule has 0 saturated heterocycles. The summed E-state index contributed by atoms with van der Waals surface area (Å²) in [7, 11) is -5.03. The van der Waals surface area contributed by atoms with Crippen LogP contribution in [-0.4, -0.2) is 68.0 Å². The number of aryl methyl sites for hydroxylation is 1. The lowest BCUT2D eigenvalue weighted by atomic mass is 10.1. The lowest BCUT2D eigenvalue weighted by Crippen LogP contribution is -2.48. The smallest absolute Gasteiger partial charge is 0.323 e. The predicted molar refractivity (Wildman–Crippen MR) is 177 cm³/mol. The minimum Gasteiger partial charge on any atom is -0.480 e. The molecule has 0 saturated carbocycles. The van der Waals surface area contributed by atoms with Crippen molar-refractivity contribution in [2.24, 2.45) is 7.05 Å². The molecule has 0 aliphatic heterocycles. The van der Waals surface area contributed by atoms with Crippen LogP contribution >= 0.6 is 0 Å². The molecule has 2 aromatic heterocycles. The third-order valence-corrected chi connectivity index (χ3v) is 10.4. The van der Waals surface area contributed by atoms with Crippen LogP contribution in [0.5, 0.6) is 0 Å². The maximum atomic E-state index is 13.2. The van der Waals surface area contributed by atoms with E-state index in [4.69, 9.17) is 0 Å². The zero-order valence-electron chi connectivity index (χ0n) is 25.6. The Bertz CT molecular complexity index is 2250. The van der Waals surface area contributed by atoms with E-state index in [0.29, 0.717) is 29.1 Å². The van der Waals surface area contributed by atoms with Crippen LogP contribution in [0.2, 0.25) is 0 Å². The van der Waals surface area contributed by atoms with Crippen LogP contribution in [0.4, 0.5) is 5.95 Å². The number of amides is 1. The van der Waals surface area contributed by atoms with Gasteiger partial charge in [-0.2, -0.15) is 4.72 Å². The van der Waals surface area contributed by atoms with Crippen molar-refractivity contribution in [1.29, 1.82) is 0 Å². The number of pyridine rings is 1. The molecular weight excluding hydrogens is 663 g/mol. The Hall–Kier alpha value is -5.36. The van der Waals surface area contributed by atoms with E-state index < -0.39 is 49.9 Å². The Labute approximate surface area is 275 Å². The molecule has 48 heavy (non-hydrogen) atoms. The highest BCUT2D eigenvalue weighted by Crippen LogP contribution is 2.23. The Morgan fingerprint density at radius 1 is 0.938 bits per heavy atom. The van der Waals surface area contributed by atoms with E-state index in [1.807, 2.05) is 0 Å². The fourth-order valence-electron chi connectivity index (χ4n) is 4.84. The highest BCUT2D eigenvalue weighted by atomic mass is 32.2. The summed E-state index contributed by atoms with van der Waals surface area (Å²) < 4.78 is 55.9. The van der Waals surface area contributed by atoms with Gasteiger partial charge in [0.25, 0.3) is 5.91 Å². The molecule has 250 valence electrons. The topological polar surface area (TPSA) is 221 Å². The molecule has 5 rings (SSSR count). The van der Waals surface area contributed by atoms with Gasteiger partial charge < -0.3 is 25.3 Å². The molecule has 5 aromatic rings. The number of carboxylic acids is 1. The molecule has 15 nitrogen and oxygen atoms in total. The number of rotatable bonds is 13. The Morgan fingerprint density at radius 2 is 1.56 bits per heavy atom. The van der Waals surface area contributed by atoms with Gasteiger partial charge in [0.1, 0.15) is 11.6 Å². The normalized spacial score (nSPS) is 12.5. The van der Waals surface area contributed by atoms with Gasteiger partial charge in [0, 0.05) is 44.1 Å². The van der Waals surface area contributed by atoms with Gasteiger partial charge in [0.05, 0.1) is 15.3 Å². The quantitative estimate of drug-likeness (QED) is 0.105. The number of aliphatic carboxylic acids is 1. The van der Waals surface area contributed by atoms with E-state index in [2.05, 4.69) is 30.0 Å². The fourth-order valence-corrected chi connectivity index (χ4v) is 6.76. The first-order valence-corrected chi connectivity index (χ1v) is 17.3. The van der Waals surface area contributed by atoms with E-state index in [0.717, 1.165) is 5.56 Å². The third kappa shape index (κ3) is 7.44. The second-order valence-corrected chi connectivity index (χ2v) is 14.2. The van der Waals surface area contributed by atoms with Crippen LogP contribution in [0.3, 0.4) is 0 Å². The number of anilines is 1. The number of carbonyl (C=O) groups is 2. The van der Waals surface area contributed by atoms with Gasteiger partial charge in [-0.1, -0.05) is 30.3 Å². The van der Waals surface area contributed by atoms with Crippen LogP contribution in [0, 0.1) is 0 Å². The molecule has 2 heterocycles. The van der Waals surface area contributed by atoms with E-state index in [9.17, 15) is 36.3 Å². The number of fused-ring (bicyclic) bond motifs is 1. The summed E-state index contributed by atoms with van der Waals surface area (Å²) in [5.74, 6) is -1.83. The molecule has 0 unspecified atom stereocenters. The molecule has 0 bridgehead atoms. The summed E-state index contributed by atoms with van der Waals surface area (Å²) in [6, 6.07) is 14.8. The SMILES string of the molecule is CNS(=O)(=O)c1ccc(-c2ccc(S(=O)(=O)N[C@@H](CNC(=O)c3cn(C)c4cc(CNc5ncc[nH]5)ccc4c3=O)C(=O)O)cc2)cc1. The van der Waals surface area contributed by atoms with Gasteiger partial charge in [0.15, 0.2) is 5.95 Å². The molecule has 0 aliphatic carbocycles. The molecule has 0 radical (unpaired) electrons. The van der Waals surface area contributed by atoms with Gasteiger partial charge in [-0.3, -0.25) is 14.4 Å². The summed E-state index contributed by atoms with van der Waals surface area (Å²) in [5.41, 5.74) is 1.81. The molecule has 1 atom stereocenters. The number of aromatic nitrogens is 3. The van der Waals surface area contributed by atoms with E-state index in [1.165, 1.54) is 49.6 Å². The van der Waals surface area contributed by atoms with Crippen molar-refractivity contribution < 1.29 is 31.5 Å². The lowest BCUT2D eigenvalue weighted by Gasteiger charge is -2.16. The second kappa shape index (κ2) is 13.8. The highest BCUT2D eigenvalue weighted by molar-refractivity contribution is 7.89. The number of sulfonamides is 2. The van der Waals surface area contributed by atoms with Gasteiger partial charge in [-0.05, 0) is 60.1 Å². The van der Waals surface area contributed by atoms with Crippen LogP contribution in [0.15, 0.2) is 99.9 Å².